The third kappa shape index (κ3) is 5.72. The summed E-state index contributed by atoms with van der Waals surface area (Å²) in [5.74, 6) is 6.26. The largest absolute Gasteiger partial charge is 0.361 e. The van der Waals surface area contributed by atoms with E-state index in [0.717, 1.165) is 61.8 Å². The van der Waals surface area contributed by atoms with Crippen LogP contribution in [-0.2, 0) is 18.3 Å². The Morgan fingerprint density at radius 1 is 1.24 bits per heavy atom. The van der Waals surface area contributed by atoms with Crippen LogP contribution in [0.15, 0.2) is 23.0 Å². The minimum absolute atomic E-state index is 0.108. The molecule has 182 valence electrons. The van der Waals surface area contributed by atoms with Crippen LogP contribution in [0.1, 0.15) is 80.2 Å². The highest BCUT2D eigenvalue weighted by Gasteiger charge is 2.37. The Morgan fingerprint density at radius 2 is 2.06 bits per heavy atom. The van der Waals surface area contributed by atoms with Crippen molar-refractivity contribution in [3.05, 3.63) is 35.5 Å². The number of hydrogen-bond acceptors (Lipinski definition) is 5. The van der Waals surface area contributed by atoms with E-state index in [1.807, 2.05) is 13.2 Å². The highest BCUT2D eigenvalue weighted by molar-refractivity contribution is 5.78. The Morgan fingerprint density at radius 3 is 2.76 bits per heavy atom. The van der Waals surface area contributed by atoms with Gasteiger partial charge in [0, 0.05) is 56.7 Å². The summed E-state index contributed by atoms with van der Waals surface area (Å²) in [4.78, 5) is 14.9. The average Bonchev–Trinajstić information content (AvgIpc) is 3.21. The Bertz CT molecular complexity index is 1010. The molecule has 0 radical (unpaired) electrons. The van der Waals surface area contributed by atoms with Crippen LogP contribution in [-0.4, -0.2) is 51.4 Å². The van der Waals surface area contributed by atoms with Crippen molar-refractivity contribution < 1.29 is 9.32 Å². The number of likely N-dealkylation sites (tertiary alicyclic amines) is 1. The Kier molecular flexibility index (Phi) is 7.05. The number of rotatable bonds is 9. The van der Waals surface area contributed by atoms with Crippen LogP contribution >= 0.6 is 0 Å². The van der Waals surface area contributed by atoms with Crippen LogP contribution in [0.5, 0.6) is 0 Å². The number of amides is 1. The SMILES string of the molecule is C#CC[C@H]1CN(CCC2CCC(NC(=O)Cc3cnn(C)c3)CC2)C[C@@H]1c1cc(C2CC2)on1. The fourth-order valence-electron chi connectivity index (χ4n) is 5.86. The molecular formula is C27H37N5O2. The third-order valence-corrected chi connectivity index (χ3v) is 7.99. The normalized spacial score (nSPS) is 27.5. The highest BCUT2D eigenvalue weighted by Crippen LogP contribution is 2.42. The smallest absolute Gasteiger partial charge is 0.224 e. The van der Waals surface area contributed by atoms with Crippen LogP contribution in [0.25, 0.3) is 0 Å². The molecular weight excluding hydrogens is 426 g/mol. The molecule has 1 saturated heterocycles. The molecule has 7 heteroatoms. The zero-order valence-electron chi connectivity index (χ0n) is 20.3. The van der Waals surface area contributed by atoms with Crippen molar-refractivity contribution in [2.24, 2.45) is 18.9 Å². The zero-order chi connectivity index (χ0) is 23.5. The molecule has 2 aromatic rings. The minimum atomic E-state index is 0.108. The lowest BCUT2D eigenvalue weighted by molar-refractivity contribution is -0.121. The molecule has 3 aliphatic rings. The van der Waals surface area contributed by atoms with Gasteiger partial charge in [-0.05, 0) is 68.9 Å². The van der Waals surface area contributed by atoms with Gasteiger partial charge in [-0.1, -0.05) is 5.16 Å². The van der Waals surface area contributed by atoms with Crippen LogP contribution in [0.3, 0.4) is 0 Å². The standard InChI is InChI=1S/C27H37N5O2/c1-3-4-22-17-32(18-24(22)25-14-26(34-30-25)21-7-8-21)12-11-19-5-9-23(10-6-19)29-27(33)13-20-15-28-31(2)16-20/h1,14-16,19,21-24H,4-13,17-18H2,2H3,(H,29,33)/t19?,22-,23?,24-/m0/s1. The van der Waals surface area contributed by atoms with Crippen LogP contribution < -0.4 is 5.32 Å². The van der Waals surface area contributed by atoms with Gasteiger partial charge in [0.25, 0.3) is 0 Å². The van der Waals surface area contributed by atoms with E-state index in [1.54, 1.807) is 10.9 Å². The molecule has 3 fully saturated rings. The van der Waals surface area contributed by atoms with Crippen molar-refractivity contribution in [2.45, 2.75) is 75.7 Å². The number of terminal acetylenes is 1. The van der Waals surface area contributed by atoms with Crippen molar-refractivity contribution in [2.75, 3.05) is 19.6 Å². The summed E-state index contributed by atoms with van der Waals surface area (Å²) in [5, 5.41) is 11.8. The van der Waals surface area contributed by atoms with E-state index < -0.39 is 0 Å². The summed E-state index contributed by atoms with van der Waals surface area (Å²) >= 11 is 0. The van der Waals surface area contributed by atoms with Gasteiger partial charge in [-0.2, -0.15) is 5.10 Å². The van der Waals surface area contributed by atoms with E-state index in [0.29, 0.717) is 30.2 Å². The number of aryl methyl sites for hydroxylation is 1. The average molecular weight is 464 g/mol. The molecule has 2 saturated carbocycles. The van der Waals surface area contributed by atoms with E-state index >= 15 is 0 Å². The fourth-order valence-corrected chi connectivity index (χ4v) is 5.86. The Labute approximate surface area is 202 Å². The van der Waals surface area contributed by atoms with Gasteiger partial charge < -0.3 is 14.7 Å². The van der Waals surface area contributed by atoms with E-state index in [9.17, 15) is 4.79 Å². The molecule has 2 aliphatic carbocycles. The summed E-state index contributed by atoms with van der Waals surface area (Å²) < 4.78 is 7.37. The van der Waals surface area contributed by atoms with Gasteiger partial charge in [-0.25, -0.2) is 0 Å². The van der Waals surface area contributed by atoms with Crippen LogP contribution in [0.4, 0.5) is 0 Å². The monoisotopic (exact) mass is 463 g/mol. The molecule has 0 aromatic carbocycles. The topological polar surface area (TPSA) is 76.2 Å². The molecule has 1 amide bonds. The van der Waals surface area contributed by atoms with Crippen molar-refractivity contribution in [3.8, 4) is 12.3 Å². The summed E-state index contributed by atoms with van der Waals surface area (Å²) in [6, 6.07) is 2.50. The van der Waals surface area contributed by atoms with Crippen molar-refractivity contribution in [1.82, 2.24) is 25.2 Å². The fraction of sp³-hybridized carbons (Fsp3) is 0.667. The molecule has 1 aliphatic heterocycles. The van der Waals surface area contributed by atoms with E-state index in [4.69, 9.17) is 10.9 Å². The summed E-state index contributed by atoms with van der Waals surface area (Å²) in [5.41, 5.74) is 2.07. The summed E-state index contributed by atoms with van der Waals surface area (Å²) in [7, 11) is 1.87. The first kappa shape index (κ1) is 23.2. The van der Waals surface area contributed by atoms with Crippen molar-refractivity contribution in [3.63, 3.8) is 0 Å². The molecule has 3 heterocycles. The number of carbonyl (C=O) groups is 1. The first-order valence-electron chi connectivity index (χ1n) is 13.0. The number of hydrogen-bond donors (Lipinski definition) is 1. The van der Waals surface area contributed by atoms with E-state index in [-0.39, 0.29) is 5.91 Å². The maximum absolute atomic E-state index is 12.4. The first-order chi connectivity index (χ1) is 16.6. The van der Waals surface area contributed by atoms with Gasteiger partial charge in [0.1, 0.15) is 5.76 Å². The molecule has 0 bridgehead atoms. The Balaban J connectivity index is 1.05. The maximum atomic E-state index is 12.4. The first-order valence-corrected chi connectivity index (χ1v) is 13.0. The van der Waals surface area contributed by atoms with Gasteiger partial charge in [-0.15, -0.1) is 12.3 Å². The molecule has 0 unspecified atom stereocenters. The number of nitrogens with zero attached hydrogens (tertiary/aromatic N) is 4. The second-order valence-corrected chi connectivity index (χ2v) is 10.7. The molecule has 2 atom stereocenters. The second kappa shape index (κ2) is 10.4. The molecule has 34 heavy (non-hydrogen) atoms. The van der Waals surface area contributed by atoms with Crippen LogP contribution in [0, 0.1) is 24.2 Å². The Hall–Kier alpha value is -2.59. The van der Waals surface area contributed by atoms with Gasteiger partial charge in [0.2, 0.25) is 5.91 Å². The van der Waals surface area contributed by atoms with Crippen molar-refractivity contribution in [1.29, 1.82) is 0 Å². The predicted octanol–water partition coefficient (Wildman–Crippen LogP) is 3.63. The number of nitrogens with one attached hydrogen (secondary N) is 1. The number of aromatic nitrogens is 3. The predicted molar refractivity (Wildman–Crippen MR) is 130 cm³/mol. The molecule has 7 nitrogen and oxygen atoms in total. The van der Waals surface area contributed by atoms with E-state index in [2.05, 4.69) is 32.5 Å². The maximum Gasteiger partial charge on any atom is 0.224 e. The molecule has 1 N–H and O–H groups in total. The minimum Gasteiger partial charge on any atom is -0.361 e. The zero-order valence-corrected chi connectivity index (χ0v) is 20.3. The molecule has 2 aromatic heterocycles. The van der Waals surface area contributed by atoms with Crippen LogP contribution in [0.2, 0.25) is 0 Å². The second-order valence-electron chi connectivity index (χ2n) is 10.7. The molecule has 0 spiro atoms. The molecule has 5 rings (SSSR count). The van der Waals surface area contributed by atoms with Gasteiger partial charge in [0.05, 0.1) is 18.3 Å². The lowest BCUT2D eigenvalue weighted by Crippen LogP contribution is -2.38. The van der Waals surface area contributed by atoms with Gasteiger partial charge in [0.15, 0.2) is 0 Å². The van der Waals surface area contributed by atoms with Gasteiger partial charge >= 0.3 is 0 Å². The third-order valence-electron chi connectivity index (χ3n) is 7.99. The van der Waals surface area contributed by atoms with Gasteiger partial charge in [-0.3, -0.25) is 9.48 Å². The lowest BCUT2D eigenvalue weighted by Gasteiger charge is -2.30. The quantitative estimate of drug-likeness (QED) is 0.575. The highest BCUT2D eigenvalue weighted by atomic mass is 16.5. The number of carbonyl (C=O) groups excluding carboxylic acids is 1. The van der Waals surface area contributed by atoms with Crippen molar-refractivity contribution >= 4 is 5.91 Å². The summed E-state index contributed by atoms with van der Waals surface area (Å²) in [6.45, 7) is 3.20. The lowest BCUT2D eigenvalue weighted by atomic mass is 9.84. The van der Waals surface area contributed by atoms with E-state index in [1.165, 1.54) is 32.1 Å². The summed E-state index contributed by atoms with van der Waals surface area (Å²) in [6.07, 6.45) is 18.8.